The summed E-state index contributed by atoms with van der Waals surface area (Å²) in [5, 5.41) is 5.43. The van der Waals surface area contributed by atoms with Gasteiger partial charge in [0.05, 0.1) is 0 Å². The molecule has 0 aliphatic heterocycles. The fourth-order valence-electron chi connectivity index (χ4n) is 5.32. The second-order valence-corrected chi connectivity index (χ2v) is 7.73. The molecule has 7 rings (SSSR count). The van der Waals surface area contributed by atoms with Gasteiger partial charge in [0.1, 0.15) is 0 Å². The summed E-state index contributed by atoms with van der Waals surface area (Å²) in [5.41, 5.74) is 11.4. The lowest BCUT2D eigenvalue weighted by atomic mass is 9.88. The Balaban J connectivity index is 1.83. The minimum Gasteiger partial charge on any atom is -0.0616 e. The molecule has 0 bridgehead atoms. The van der Waals surface area contributed by atoms with Gasteiger partial charge in [-0.15, -0.1) is 0 Å². The second kappa shape index (κ2) is 4.66. The third kappa shape index (κ3) is 1.60. The second-order valence-electron chi connectivity index (χ2n) is 7.73. The Morgan fingerprint density at radius 1 is 0.444 bits per heavy atom. The molecular formula is C27H16. The predicted octanol–water partition coefficient (Wildman–Crippen LogP) is 7.21. The van der Waals surface area contributed by atoms with Gasteiger partial charge in [-0.2, -0.15) is 0 Å². The van der Waals surface area contributed by atoms with E-state index in [1.54, 1.807) is 0 Å². The van der Waals surface area contributed by atoms with Gasteiger partial charge in [-0.25, -0.2) is 0 Å². The monoisotopic (exact) mass is 340 g/mol. The highest BCUT2D eigenvalue weighted by atomic mass is 14.3. The van der Waals surface area contributed by atoms with Gasteiger partial charge in [-0.3, -0.25) is 0 Å². The standard InChI is InChI=1S/C27H16/c1-2-8-20-16(5-1)13-14-22-21-9-3-6-17-11-12-19-15-18-7-4-10-23(27(20)22)25(18)26(19)24(17)21/h1-14H,15H2. The van der Waals surface area contributed by atoms with Crippen LogP contribution in [0.5, 0.6) is 0 Å². The van der Waals surface area contributed by atoms with Gasteiger partial charge in [-0.1, -0.05) is 84.9 Å². The van der Waals surface area contributed by atoms with E-state index in [0.29, 0.717) is 0 Å². The van der Waals surface area contributed by atoms with Gasteiger partial charge in [0, 0.05) is 0 Å². The summed E-state index contributed by atoms with van der Waals surface area (Å²) in [6.07, 6.45) is 1.04. The molecule has 0 fully saturated rings. The average Bonchev–Trinajstić information content (AvgIpc) is 3.05. The van der Waals surface area contributed by atoms with Gasteiger partial charge < -0.3 is 0 Å². The van der Waals surface area contributed by atoms with Crippen LogP contribution in [0.2, 0.25) is 0 Å². The summed E-state index contributed by atoms with van der Waals surface area (Å²) in [5.74, 6) is 0. The minimum atomic E-state index is 1.04. The van der Waals surface area contributed by atoms with Crippen molar-refractivity contribution in [2.24, 2.45) is 0 Å². The van der Waals surface area contributed by atoms with Gasteiger partial charge in [0.25, 0.3) is 0 Å². The van der Waals surface area contributed by atoms with Crippen LogP contribution in [-0.2, 0) is 6.42 Å². The van der Waals surface area contributed by atoms with E-state index in [1.165, 1.54) is 66.1 Å². The Labute approximate surface area is 157 Å². The average molecular weight is 340 g/mol. The third-order valence-corrected chi connectivity index (χ3v) is 6.40. The van der Waals surface area contributed by atoms with E-state index < -0.39 is 0 Å². The van der Waals surface area contributed by atoms with Crippen LogP contribution in [0.4, 0.5) is 0 Å². The molecule has 124 valence electrons. The van der Waals surface area contributed by atoms with E-state index in [1.807, 2.05) is 0 Å². The normalized spacial score (nSPS) is 13.0. The predicted molar refractivity (Wildman–Crippen MR) is 114 cm³/mol. The molecule has 0 heteroatoms. The Bertz CT molecular complexity index is 1440. The molecule has 0 saturated carbocycles. The van der Waals surface area contributed by atoms with Crippen molar-refractivity contribution in [1.82, 2.24) is 0 Å². The molecule has 2 aliphatic carbocycles. The van der Waals surface area contributed by atoms with Gasteiger partial charge in [0.2, 0.25) is 0 Å². The number of hydrogen-bond donors (Lipinski definition) is 0. The molecule has 0 spiro atoms. The van der Waals surface area contributed by atoms with Gasteiger partial charge >= 0.3 is 0 Å². The Morgan fingerprint density at radius 3 is 2.22 bits per heavy atom. The van der Waals surface area contributed by atoms with Crippen LogP contribution < -0.4 is 0 Å². The van der Waals surface area contributed by atoms with Crippen LogP contribution in [0.1, 0.15) is 11.1 Å². The van der Waals surface area contributed by atoms with E-state index in [4.69, 9.17) is 0 Å². The van der Waals surface area contributed by atoms with E-state index in [9.17, 15) is 0 Å². The number of fused-ring (bicyclic) bond motifs is 5. The lowest BCUT2D eigenvalue weighted by Crippen LogP contribution is -1.89. The highest BCUT2D eigenvalue weighted by molar-refractivity contribution is 6.19. The molecule has 0 aromatic heterocycles. The molecule has 5 aromatic rings. The van der Waals surface area contributed by atoms with Gasteiger partial charge in [0.15, 0.2) is 0 Å². The number of rotatable bonds is 0. The molecular weight excluding hydrogens is 324 g/mol. The van der Waals surface area contributed by atoms with Crippen molar-refractivity contribution >= 4 is 21.5 Å². The zero-order valence-corrected chi connectivity index (χ0v) is 14.8. The number of hydrogen-bond acceptors (Lipinski definition) is 0. The smallest absolute Gasteiger partial charge is 0.00130 e. The molecule has 0 nitrogen and oxygen atoms in total. The zero-order chi connectivity index (χ0) is 17.5. The van der Waals surface area contributed by atoms with E-state index in [2.05, 4.69) is 84.9 Å². The summed E-state index contributed by atoms with van der Waals surface area (Å²) in [6, 6.07) is 31.7. The van der Waals surface area contributed by atoms with Crippen LogP contribution in [-0.4, -0.2) is 0 Å². The van der Waals surface area contributed by atoms with Crippen molar-refractivity contribution in [3.05, 3.63) is 96.1 Å². The van der Waals surface area contributed by atoms with E-state index in [-0.39, 0.29) is 0 Å². The quantitative estimate of drug-likeness (QED) is 0.273. The molecule has 0 amide bonds. The van der Waals surface area contributed by atoms with Crippen LogP contribution >= 0.6 is 0 Å². The van der Waals surface area contributed by atoms with Crippen LogP contribution in [0.25, 0.3) is 54.9 Å². The van der Waals surface area contributed by atoms with Crippen molar-refractivity contribution in [2.45, 2.75) is 6.42 Å². The van der Waals surface area contributed by atoms with E-state index in [0.717, 1.165) is 6.42 Å². The SMILES string of the molecule is c1cc2c3c(c1)-c1c(ccc4ccccc14)-c1cccc4ccc(c-3c14)C2. The van der Waals surface area contributed by atoms with Crippen molar-refractivity contribution in [1.29, 1.82) is 0 Å². The molecule has 0 saturated heterocycles. The minimum absolute atomic E-state index is 1.04. The van der Waals surface area contributed by atoms with Crippen LogP contribution in [0, 0.1) is 0 Å². The third-order valence-electron chi connectivity index (χ3n) is 6.40. The first-order chi connectivity index (χ1) is 13.4. The molecule has 0 atom stereocenters. The van der Waals surface area contributed by atoms with Crippen molar-refractivity contribution < 1.29 is 0 Å². The summed E-state index contributed by atoms with van der Waals surface area (Å²) in [7, 11) is 0. The summed E-state index contributed by atoms with van der Waals surface area (Å²) in [6.45, 7) is 0. The van der Waals surface area contributed by atoms with Crippen LogP contribution in [0.15, 0.2) is 84.9 Å². The van der Waals surface area contributed by atoms with Crippen molar-refractivity contribution in [3.63, 3.8) is 0 Å². The summed E-state index contributed by atoms with van der Waals surface area (Å²) < 4.78 is 0. The summed E-state index contributed by atoms with van der Waals surface area (Å²) in [4.78, 5) is 0. The summed E-state index contributed by atoms with van der Waals surface area (Å²) >= 11 is 0. The first kappa shape index (κ1) is 13.8. The maximum atomic E-state index is 2.33. The Morgan fingerprint density at radius 2 is 1.22 bits per heavy atom. The largest absolute Gasteiger partial charge is 0.0616 e. The molecule has 0 radical (unpaired) electrons. The Kier molecular flexibility index (Phi) is 2.38. The molecule has 5 aromatic carbocycles. The van der Waals surface area contributed by atoms with E-state index >= 15 is 0 Å². The fraction of sp³-hybridized carbons (Fsp3) is 0.0370. The molecule has 0 heterocycles. The van der Waals surface area contributed by atoms with Crippen molar-refractivity contribution in [3.8, 4) is 33.4 Å². The maximum Gasteiger partial charge on any atom is -0.00130 e. The maximum absolute atomic E-state index is 2.33. The lowest BCUT2D eigenvalue weighted by molar-refractivity contribution is 1.27. The Hall–Kier alpha value is -3.38. The van der Waals surface area contributed by atoms with Crippen LogP contribution in [0.3, 0.4) is 0 Å². The number of benzene rings is 5. The fourth-order valence-corrected chi connectivity index (χ4v) is 5.32. The highest BCUT2D eigenvalue weighted by Crippen LogP contribution is 2.54. The molecule has 2 aliphatic rings. The molecule has 27 heavy (non-hydrogen) atoms. The first-order valence-corrected chi connectivity index (χ1v) is 9.59. The highest BCUT2D eigenvalue weighted by Gasteiger charge is 2.29. The zero-order valence-electron chi connectivity index (χ0n) is 14.8. The molecule has 0 N–H and O–H groups in total. The lowest BCUT2D eigenvalue weighted by Gasteiger charge is -2.15. The van der Waals surface area contributed by atoms with Gasteiger partial charge in [-0.05, 0) is 72.5 Å². The first-order valence-electron chi connectivity index (χ1n) is 9.59. The van der Waals surface area contributed by atoms with Crippen molar-refractivity contribution in [2.75, 3.05) is 0 Å². The topological polar surface area (TPSA) is 0 Å². The molecule has 0 unspecified atom stereocenters.